The molecule has 1 aliphatic rings. The first-order chi connectivity index (χ1) is 7.79. The summed E-state index contributed by atoms with van der Waals surface area (Å²) in [6.45, 7) is 2.01. The van der Waals surface area contributed by atoms with Gasteiger partial charge in [0.05, 0.1) is 11.9 Å². The van der Waals surface area contributed by atoms with Crippen molar-refractivity contribution >= 4 is 29.3 Å². The highest BCUT2D eigenvalue weighted by Gasteiger charge is 2.10. The third kappa shape index (κ3) is 2.49. The van der Waals surface area contributed by atoms with E-state index in [0.717, 1.165) is 17.7 Å². The van der Waals surface area contributed by atoms with Crippen LogP contribution in [0.25, 0.3) is 0 Å². The Bertz CT molecular complexity index is 484. The predicted octanol–water partition coefficient (Wildman–Crippen LogP) is 2.99. The zero-order valence-corrected chi connectivity index (χ0v) is 9.87. The molecule has 16 heavy (non-hydrogen) atoms. The first-order valence-electron chi connectivity index (χ1n) is 5.16. The first-order valence-corrected chi connectivity index (χ1v) is 5.56. The summed E-state index contributed by atoms with van der Waals surface area (Å²) >= 11 is 4.92. The molecule has 1 aromatic carbocycles. The standard InChI is InChI=1S/C13H12N2S/c1-2-11(12-9-14-13(16)15-12)8-10-6-4-3-5-7-10/h2-7,9H,8H2,1H3. The predicted molar refractivity (Wildman–Crippen MR) is 72.4 cm³/mol. The maximum Gasteiger partial charge on any atom is 0.219 e. The summed E-state index contributed by atoms with van der Waals surface area (Å²) in [7, 11) is 0. The fourth-order valence-corrected chi connectivity index (χ4v) is 1.74. The van der Waals surface area contributed by atoms with E-state index < -0.39 is 0 Å². The highest BCUT2D eigenvalue weighted by atomic mass is 32.1. The minimum atomic E-state index is 0.419. The van der Waals surface area contributed by atoms with Gasteiger partial charge in [-0.25, -0.2) is 9.98 Å². The molecule has 0 fully saturated rings. The van der Waals surface area contributed by atoms with E-state index in [0.29, 0.717) is 5.11 Å². The largest absolute Gasteiger partial charge is 0.225 e. The molecule has 2 nitrogen and oxygen atoms in total. The van der Waals surface area contributed by atoms with Gasteiger partial charge in [-0.3, -0.25) is 0 Å². The molecule has 1 aromatic rings. The minimum absolute atomic E-state index is 0.419. The van der Waals surface area contributed by atoms with Crippen molar-refractivity contribution < 1.29 is 0 Å². The Morgan fingerprint density at radius 1 is 1.31 bits per heavy atom. The van der Waals surface area contributed by atoms with E-state index in [4.69, 9.17) is 12.2 Å². The smallest absolute Gasteiger partial charge is 0.219 e. The number of allylic oxidation sites excluding steroid dienone is 2. The highest BCUT2D eigenvalue weighted by Crippen LogP contribution is 2.11. The molecule has 0 unspecified atom stereocenters. The van der Waals surface area contributed by atoms with E-state index in [-0.39, 0.29) is 0 Å². The third-order valence-corrected chi connectivity index (χ3v) is 2.62. The van der Waals surface area contributed by atoms with Crippen LogP contribution in [0.4, 0.5) is 0 Å². The lowest BCUT2D eigenvalue weighted by atomic mass is 10.0. The van der Waals surface area contributed by atoms with E-state index >= 15 is 0 Å². The molecule has 1 heterocycles. The van der Waals surface area contributed by atoms with Crippen LogP contribution in [0.3, 0.4) is 0 Å². The molecule has 3 heteroatoms. The van der Waals surface area contributed by atoms with E-state index in [2.05, 4.69) is 28.2 Å². The molecular weight excluding hydrogens is 216 g/mol. The van der Waals surface area contributed by atoms with Crippen LogP contribution in [0.5, 0.6) is 0 Å². The van der Waals surface area contributed by atoms with Gasteiger partial charge in [-0.15, -0.1) is 0 Å². The molecular formula is C13H12N2S. The van der Waals surface area contributed by atoms with Crippen molar-refractivity contribution in [2.75, 3.05) is 0 Å². The average Bonchev–Trinajstić information content (AvgIpc) is 2.74. The Balaban J connectivity index is 2.17. The number of aliphatic imine (C=N–C) groups is 2. The molecule has 2 rings (SSSR count). The molecule has 80 valence electrons. The number of hydrogen-bond donors (Lipinski definition) is 0. The van der Waals surface area contributed by atoms with E-state index in [9.17, 15) is 0 Å². The van der Waals surface area contributed by atoms with Gasteiger partial charge in [0.25, 0.3) is 0 Å². The average molecular weight is 228 g/mol. The highest BCUT2D eigenvalue weighted by molar-refractivity contribution is 7.80. The maximum atomic E-state index is 4.92. The third-order valence-electron chi connectivity index (χ3n) is 2.43. The van der Waals surface area contributed by atoms with E-state index in [1.807, 2.05) is 25.1 Å². The summed E-state index contributed by atoms with van der Waals surface area (Å²) in [4.78, 5) is 8.20. The fourth-order valence-electron chi connectivity index (χ4n) is 1.59. The van der Waals surface area contributed by atoms with Crippen molar-refractivity contribution in [3.8, 4) is 0 Å². The van der Waals surface area contributed by atoms with Crippen molar-refractivity contribution in [2.45, 2.75) is 13.3 Å². The summed E-state index contributed by atoms with van der Waals surface area (Å²) in [5, 5.41) is 0.419. The molecule has 0 amide bonds. The molecule has 0 aliphatic carbocycles. The van der Waals surface area contributed by atoms with Gasteiger partial charge >= 0.3 is 0 Å². The van der Waals surface area contributed by atoms with Crippen molar-refractivity contribution in [1.82, 2.24) is 0 Å². The van der Waals surface area contributed by atoms with Gasteiger partial charge in [-0.05, 0) is 36.7 Å². The molecule has 0 radical (unpaired) electrons. The van der Waals surface area contributed by atoms with Crippen molar-refractivity contribution in [3.05, 3.63) is 47.5 Å². The lowest BCUT2D eigenvalue weighted by Gasteiger charge is -2.04. The van der Waals surface area contributed by atoms with Crippen LogP contribution in [-0.4, -0.2) is 17.0 Å². The molecule has 1 aliphatic heterocycles. The molecule has 0 bridgehead atoms. The molecule has 0 atom stereocenters. The van der Waals surface area contributed by atoms with Crippen LogP contribution in [0, 0.1) is 0 Å². The van der Waals surface area contributed by atoms with Crippen LogP contribution in [-0.2, 0) is 6.42 Å². The van der Waals surface area contributed by atoms with Gasteiger partial charge in [0, 0.05) is 0 Å². The molecule has 0 saturated heterocycles. The van der Waals surface area contributed by atoms with Crippen molar-refractivity contribution in [1.29, 1.82) is 0 Å². The molecule has 0 spiro atoms. The second kappa shape index (κ2) is 4.94. The number of thiocarbonyl (C=S) groups is 1. The Labute approximate surface area is 100 Å². The monoisotopic (exact) mass is 228 g/mol. The Morgan fingerprint density at radius 3 is 2.62 bits per heavy atom. The zero-order chi connectivity index (χ0) is 11.4. The van der Waals surface area contributed by atoms with Gasteiger partial charge in [0.15, 0.2) is 0 Å². The van der Waals surface area contributed by atoms with Gasteiger partial charge < -0.3 is 0 Å². The summed E-state index contributed by atoms with van der Waals surface area (Å²) in [5.74, 6) is 0. The van der Waals surface area contributed by atoms with E-state index in [1.54, 1.807) is 6.21 Å². The van der Waals surface area contributed by atoms with Gasteiger partial charge in [-0.1, -0.05) is 36.4 Å². The van der Waals surface area contributed by atoms with E-state index in [1.165, 1.54) is 5.56 Å². The Hall–Kier alpha value is -1.61. The number of hydrogen-bond acceptors (Lipinski definition) is 1. The quantitative estimate of drug-likeness (QED) is 0.730. The summed E-state index contributed by atoms with van der Waals surface area (Å²) in [5.41, 5.74) is 3.32. The van der Waals surface area contributed by atoms with Crippen LogP contribution >= 0.6 is 12.2 Å². The van der Waals surface area contributed by atoms with Gasteiger partial charge in [-0.2, -0.15) is 0 Å². The summed E-state index contributed by atoms with van der Waals surface area (Å²) < 4.78 is 0. The topological polar surface area (TPSA) is 24.7 Å². The van der Waals surface area contributed by atoms with Crippen LogP contribution in [0.15, 0.2) is 52.0 Å². The second-order valence-corrected chi connectivity index (χ2v) is 3.88. The molecule has 0 aromatic heterocycles. The van der Waals surface area contributed by atoms with Crippen molar-refractivity contribution in [3.63, 3.8) is 0 Å². The fraction of sp³-hybridized carbons (Fsp3) is 0.154. The second-order valence-electron chi connectivity index (χ2n) is 3.51. The normalized spacial score (nSPS) is 15.4. The lowest BCUT2D eigenvalue weighted by Crippen LogP contribution is -2.04. The molecule has 0 N–H and O–H groups in total. The Kier molecular flexibility index (Phi) is 3.37. The number of nitrogens with zero attached hydrogens (tertiary/aromatic N) is 2. The summed E-state index contributed by atoms with van der Waals surface area (Å²) in [6, 6.07) is 10.3. The number of rotatable bonds is 3. The lowest BCUT2D eigenvalue weighted by molar-refractivity contribution is 1.22. The number of benzene rings is 1. The molecule has 0 saturated carbocycles. The SMILES string of the molecule is CC=C(Cc1ccccc1)C1=NC(=S)N=C1. The van der Waals surface area contributed by atoms with Gasteiger partial charge in [0.1, 0.15) is 0 Å². The van der Waals surface area contributed by atoms with Crippen LogP contribution in [0.2, 0.25) is 0 Å². The Morgan fingerprint density at radius 2 is 2.06 bits per heavy atom. The van der Waals surface area contributed by atoms with Crippen LogP contribution < -0.4 is 0 Å². The maximum absolute atomic E-state index is 4.92. The summed E-state index contributed by atoms with van der Waals surface area (Å²) in [6.07, 6.45) is 4.66. The first kappa shape index (κ1) is 10.9. The zero-order valence-electron chi connectivity index (χ0n) is 9.05. The van der Waals surface area contributed by atoms with Crippen molar-refractivity contribution in [2.24, 2.45) is 9.98 Å². The minimum Gasteiger partial charge on any atom is -0.225 e. The van der Waals surface area contributed by atoms with Gasteiger partial charge in [0.2, 0.25) is 5.11 Å². The van der Waals surface area contributed by atoms with Crippen LogP contribution in [0.1, 0.15) is 12.5 Å².